The van der Waals surface area contributed by atoms with Crippen LogP contribution >= 0.6 is 22.9 Å². The third kappa shape index (κ3) is 3.38. The highest BCUT2D eigenvalue weighted by Crippen LogP contribution is 2.33. The Bertz CT molecular complexity index is 1020. The normalized spacial score (nSPS) is 11.1. The molecule has 0 saturated carbocycles. The van der Waals surface area contributed by atoms with Gasteiger partial charge in [-0.25, -0.2) is 9.97 Å². The van der Waals surface area contributed by atoms with Crippen LogP contribution in [0.4, 0.5) is 5.82 Å². The molecular weight excluding hydrogens is 354 g/mol. The van der Waals surface area contributed by atoms with Crippen molar-refractivity contribution in [2.75, 3.05) is 11.9 Å². The first-order valence-corrected chi connectivity index (χ1v) is 9.26. The molecule has 0 amide bonds. The minimum absolute atomic E-state index is 0.648. The van der Waals surface area contributed by atoms with Crippen molar-refractivity contribution < 1.29 is 4.42 Å². The number of halogens is 1. The maximum absolute atomic E-state index is 6.26. The number of furan rings is 1. The molecule has 0 radical (unpaired) electrons. The summed E-state index contributed by atoms with van der Waals surface area (Å²) in [7, 11) is 0. The van der Waals surface area contributed by atoms with Gasteiger partial charge in [-0.15, -0.1) is 11.3 Å². The van der Waals surface area contributed by atoms with E-state index in [1.54, 1.807) is 11.3 Å². The van der Waals surface area contributed by atoms with Gasteiger partial charge in [0.05, 0.1) is 15.4 Å². The second-order valence-electron chi connectivity index (χ2n) is 5.70. The van der Waals surface area contributed by atoms with Crippen molar-refractivity contribution in [3.05, 3.63) is 64.4 Å². The zero-order chi connectivity index (χ0) is 17.2. The van der Waals surface area contributed by atoms with Crippen LogP contribution in [0.25, 0.3) is 21.6 Å². The molecule has 4 nitrogen and oxygen atoms in total. The van der Waals surface area contributed by atoms with E-state index < -0.39 is 0 Å². The fraction of sp³-hybridized carbons (Fsp3) is 0.158. The topological polar surface area (TPSA) is 51.0 Å². The molecule has 126 valence electrons. The van der Waals surface area contributed by atoms with Crippen LogP contribution in [-0.4, -0.2) is 16.5 Å². The monoisotopic (exact) mass is 369 g/mol. The van der Waals surface area contributed by atoms with E-state index in [9.17, 15) is 0 Å². The molecular formula is C19H16ClN3OS. The Hall–Kier alpha value is -2.37. The van der Waals surface area contributed by atoms with E-state index in [1.165, 1.54) is 0 Å². The van der Waals surface area contributed by atoms with Crippen LogP contribution in [0.1, 0.15) is 11.5 Å². The summed E-state index contributed by atoms with van der Waals surface area (Å²) in [5.74, 6) is 3.35. The Balaban J connectivity index is 1.65. The summed E-state index contributed by atoms with van der Waals surface area (Å²) < 4.78 is 5.62. The molecule has 1 N–H and O–H groups in total. The fourth-order valence-electron chi connectivity index (χ4n) is 2.69. The smallest absolute Gasteiger partial charge is 0.173 e. The first kappa shape index (κ1) is 16.1. The number of nitrogens with zero attached hydrogens (tertiary/aromatic N) is 2. The molecule has 0 aliphatic rings. The average molecular weight is 370 g/mol. The molecule has 4 aromatic rings. The van der Waals surface area contributed by atoms with Crippen LogP contribution in [0, 0.1) is 6.92 Å². The number of rotatable bonds is 5. The fourth-order valence-corrected chi connectivity index (χ4v) is 3.76. The molecule has 0 spiro atoms. The molecule has 0 unspecified atom stereocenters. The van der Waals surface area contributed by atoms with Gasteiger partial charge >= 0.3 is 0 Å². The van der Waals surface area contributed by atoms with Crippen molar-refractivity contribution >= 4 is 39.7 Å². The van der Waals surface area contributed by atoms with Crippen molar-refractivity contribution in [2.45, 2.75) is 13.3 Å². The summed E-state index contributed by atoms with van der Waals surface area (Å²) in [5, 5.41) is 7.04. The third-order valence-electron chi connectivity index (χ3n) is 3.88. The van der Waals surface area contributed by atoms with Gasteiger partial charge < -0.3 is 9.73 Å². The molecule has 4 rings (SSSR count). The number of fused-ring (bicyclic) bond motifs is 1. The minimum atomic E-state index is 0.648. The molecule has 1 aromatic carbocycles. The van der Waals surface area contributed by atoms with Gasteiger partial charge in [-0.2, -0.15) is 0 Å². The van der Waals surface area contributed by atoms with Gasteiger partial charge in [-0.1, -0.05) is 23.7 Å². The molecule has 0 fully saturated rings. The van der Waals surface area contributed by atoms with Crippen molar-refractivity contribution in [3.63, 3.8) is 0 Å². The maximum Gasteiger partial charge on any atom is 0.173 e. The number of nitrogens with one attached hydrogen (secondary N) is 1. The van der Waals surface area contributed by atoms with Crippen molar-refractivity contribution in [3.8, 4) is 10.7 Å². The summed E-state index contributed by atoms with van der Waals surface area (Å²) >= 11 is 7.81. The minimum Gasteiger partial charge on any atom is -0.466 e. The predicted octanol–water partition coefficient (Wildman–Crippen LogP) is 5.57. The second-order valence-corrected chi connectivity index (χ2v) is 7.02. The van der Waals surface area contributed by atoms with Crippen LogP contribution in [0.15, 0.2) is 52.3 Å². The lowest BCUT2D eigenvalue weighted by atomic mass is 10.2. The Morgan fingerprint density at radius 2 is 2.00 bits per heavy atom. The number of thiophene rings is 1. The largest absolute Gasteiger partial charge is 0.466 e. The summed E-state index contributed by atoms with van der Waals surface area (Å²) in [4.78, 5) is 10.3. The Labute approximate surface area is 154 Å². The molecule has 25 heavy (non-hydrogen) atoms. The Morgan fingerprint density at radius 3 is 2.76 bits per heavy atom. The van der Waals surface area contributed by atoms with E-state index in [0.29, 0.717) is 10.8 Å². The molecule has 0 aliphatic carbocycles. The zero-order valence-corrected chi connectivity index (χ0v) is 15.2. The first-order chi connectivity index (χ1) is 12.2. The summed E-state index contributed by atoms with van der Waals surface area (Å²) in [5.41, 5.74) is 0.897. The van der Waals surface area contributed by atoms with Gasteiger partial charge in [0.2, 0.25) is 0 Å². The van der Waals surface area contributed by atoms with Gasteiger partial charge in [-0.05, 0) is 42.6 Å². The molecule has 0 bridgehead atoms. The summed E-state index contributed by atoms with van der Waals surface area (Å²) in [6, 6.07) is 13.8. The number of para-hydroxylation sites is 1. The van der Waals surface area contributed by atoms with Gasteiger partial charge in [0.25, 0.3) is 0 Å². The molecule has 0 aliphatic heterocycles. The standard InChI is InChI=1S/C19H16ClN3OS/c1-12-6-7-13(24-12)8-10-21-18-14-4-2-3-5-16(14)22-19(23-18)17-15(20)9-11-25-17/h2-7,9,11H,8,10H2,1H3,(H,21,22,23). The lowest BCUT2D eigenvalue weighted by Crippen LogP contribution is -2.07. The summed E-state index contributed by atoms with van der Waals surface area (Å²) in [6.45, 7) is 2.68. The van der Waals surface area contributed by atoms with Crippen molar-refractivity contribution in [2.24, 2.45) is 0 Å². The number of aryl methyl sites for hydroxylation is 1. The molecule has 3 heterocycles. The lowest BCUT2D eigenvalue weighted by Gasteiger charge is -2.10. The SMILES string of the molecule is Cc1ccc(CCNc2nc(-c3sccc3Cl)nc3ccccc23)o1. The molecule has 0 atom stereocenters. The van der Waals surface area contributed by atoms with Crippen LogP contribution < -0.4 is 5.32 Å². The van der Waals surface area contributed by atoms with Crippen LogP contribution in [0.3, 0.4) is 0 Å². The number of anilines is 1. The number of benzene rings is 1. The van der Waals surface area contributed by atoms with Gasteiger partial charge in [0.15, 0.2) is 5.82 Å². The van der Waals surface area contributed by atoms with E-state index in [0.717, 1.165) is 46.1 Å². The van der Waals surface area contributed by atoms with E-state index in [4.69, 9.17) is 21.0 Å². The second kappa shape index (κ2) is 6.86. The first-order valence-electron chi connectivity index (χ1n) is 8.00. The number of hydrogen-bond acceptors (Lipinski definition) is 5. The third-order valence-corrected chi connectivity index (χ3v) is 5.22. The van der Waals surface area contributed by atoms with Gasteiger partial charge in [-0.3, -0.25) is 0 Å². The van der Waals surface area contributed by atoms with E-state index in [-0.39, 0.29) is 0 Å². The number of hydrogen-bond donors (Lipinski definition) is 1. The maximum atomic E-state index is 6.26. The molecule has 3 aromatic heterocycles. The average Bonchev–Trinajstić information content (AvgIpc) is 3.23. The van der Waals surface area contributed by atoms with Crippen LogP contribution in [0.5, 0.6) is 0 Å². The highest BCUT2D eigenvalue weighted by molar-refractivity contribution is 7.14. The van der Waals surface area contributed by atoms with Gasteiger partial charge in [0.1, 0.15) is 17.3 Å². The Morgan fingerprint density at radius 1 is 1.12 bits per heavy atom. The highest BCUT2D eigenvalue weighted by atomic mass is 35.5. The highest BCUT2D eigenvalue weighted by Gasteiger charge is 2.13. The lowest BCUT2D eigenvalue weighted by molar-refractivity contribution is 0.486. The predicted molar refractivity (Wildman–Crippen MR) is 103 cm³/mol. The van der Waals surface area contributed by atoms with Crippen molar-refractivity contribution in [1.29, 1.82) is 0 Å². The zero-order valence-electron chi connectivity index (χ0n) is 13.6. The van der Waals surface area contributed by atoms with Gasteiger partial charge in [0, 0.05) is 18.4 Å². The van der Waals surface area contributed by atoms with E-state index in [1.807, 2.05) is 54.8 Å². The van der Waals surface area contributed by atoms with E-state index >= 15 is 0 Å². The quantitative estimate of drug-likeness (QED) is 0.499. The van der Waals surface area contributed by atoms with Crippen LogP contribution in [-0.2, 0) is 6.42 Å². The van der Waals surface area contributed by atoms with Crippen LogP contribution in [0.2, 0.25) is 5.02 Å². The number of aromatic nitrogens is 2. The molecule has 6 heteroatoms. The molecule has 0 saturated heterocycles. The summed E-state index contributed by atoms with van der Waals surface area (Å²) in [6.07, 6.45) is 0.793. The Kier molecular flexibility index (Phi) is 4.42. The van der Waals surface area contributed by atoms with Crippen molar-refractivity contribution in [1.82, 2.24) is 9.97 Å². The van der Waals surface area contributed by atoms with E-state index in [2.05, 4.69) is 10.3 Å².